The van der Waals surface area contributed by atoms with E-state index in [0.717, 1.165) is 16.1 Å². The van der Waals surface area contributed by atoms with Crippen molar-refractivity contribution < 1.29 is 0 Å². The molecule has 0 amide bonds. The summed E-state index contributed by atoms with van der Waals surface area (Å²) in [6, 6.07) is 0. The first kappa shape index (κ1) is 5.91. The molecule has 2 rings (SSSR count). The van der Waals surface area contributed by atoms with Gasteiger partial charge in [-0.15, -0.1) is 0 Å². The van der Waals surface area contributed by atoms with Gasteiger partial charge in [-0.2, -0.15) is 5.10 Å². The molecule has 1 aromatic heterocycles. The largest absolute Gasteiger partial charge is 0.331 e. The number of rotatable bonds is 0. The second kappa shape index (κ2) is 2.09. The third-order valence-corrected chi connectivity index (χ3v) is 1.69. The lowest BCUT2D eigenvalue weighted by molar-refractivity contribution is 0.719. The van der Waals surface area contributed by atoms with Crippen LogP contribution in [0.25, 0.3) is 0 Å². The Balaban J connectivity index is 2.53. The van der Waals surface area contributed by atoms with Gasteiger partial charge in [-0.05, 0) is 15.9 Å². The Hall–Kier alpha value is -0.840. The van der Waals surface area contributed by atoms with Crippen molar-refractivity contribution in [3.8, 4) is 0 Å². The fourth-order valence-corrected chi connectivity index (χ4v) is 1.29. The van der Waals surface area contributed by atoms with E-state index >= 15 is 0 Å². The molecule has 2 N–H and O–H groups in total. The van der Waals surface area contributed by atoms with Crippen LogP contribution in [0.2, 0.25) is 0 Å². The minimum absolute atomic E-state index is 0.702. The molecule has 0 aliphatic carbocycles. The third kappa shape index (κ3) is 0.824. The van der Waals surface area contributed by atoms with Gasteiger partial charge in [-0.3, -0.25) is 0 Å². The van der Waals surface area contributed by atoms with Gasteiger partial charge in [0, 0.05) is 0 Å². The number of hydrazone groups is 1. The van der Waals surface area contributed by atoms with Gasteiger partial charge in [-0.25, -0.2) is 4.98 Å². The zero-order valence-electron chi connectivity index (χ0n) is 5.06. The van der Waals surface area contributed by atoms with E-state index in [-0.39, 0.29) is 0 Å². The number of fused-ring (bicyclic) bond motifs is 1. The summed E-state index contributed by atoms with van der Waals surface area (Å²) in [7, 11) is 0. The van der Waals surface area contributed by atoms with Crippen LogP contribution < -0.4 is 5.43 Å². The van der Waals surface area contributed by atoms with Gasteiger partial charge in [-0.1, -0.05) is 0 Å². The summed E-state index contributed by atoms with van der Waals surface area (Å²) in [5.74, 6) is 0. The second-order valence-electron chi connectivity index (χ2n) is 1.98. The monoisotopic (exact) mass is 200 g/mol. The van der Waals surface area contributed by atoms with Gasteiger partial charge in [0.25, 0.3) is 0 Å². The Labute approximate surface area is 65.9 Å². The average molecular weight is 201 g/mol. The van der Waals surface area contributed by atoms with E-state index in [9.17, 15) is 0 Å². The molecule has 0 radical (unpaired) electrons. The van der Waals surface area contributed by atoms with E-state index in [1.54, 1.807) is 6.21 Å². The summed E-state index contributed by atoms with van der Waals surface area (Å²) in [5, 5.41) is 3.86. The molecule has 0 unspecified atom stereocenters. The van der Waals surface area contributed by atoms with Gasteiger partial charge in [0.05, 0.1) is 24.1 Å². The van der Waals surface area contributed by atoms with Crippen LogP contribution in [0.5, 0.6) is 0 Å². The molecule has 1 aromatic rings. The summed E-state index contributed by atoms with van der Waals surface area (Å²) < 4.78 is 0.757. The van der Waals surface area contributed by atoms with Crippen molar-refractivity contribution in [3.05, 3.63) is 16.1 Å². The lowest BCUT2D eigenvalue weighted by atomic mass is 10.3. The van der Waals surface area contributed by atoms with Crippen molar-refractivity contribution in [2.75, 3.05) is 0 Å². The van der Waals surface area contributed by atoms with Crippen molar-refractivity contribution >= 4 is 22.1 Å². The fraction of sp³-hybridized carbons (Fsp3) is 0.200. The molecule has 2 heterocycles. The molecule has 0 saturated carbocycles. The maximum Gasteiger partial charge on any atom is 0.175 e. The van der Waals surface area contributed by atoms with Gasteiger partial charge < -0.3 is 10.4 Å². The highest BCUT2D eigenvalue weighted by atomic mass is 79.9. The molecule has 0 spiro atoms. The smallest absolute Gasteiger partial charge is 0.175 e. The van der Waals surface area contributed by atoms with Crippen LogP contribution >= 0.6 is 15.9 Å². The molecule has 1 aliphatic heterocycles. The standard InChI is InChI=1S/C5H5BrN4/c6-5-9-3-1-7-8-2-4(3)10-5/h1,8H,2H2,(H,9,10). The van der Waals surface area contributed by atoms with E-state index in [4.69, 9.17) is 0 Å². The summed E-state index contributed by atoms with van der Waals surface area (Å²) in [5.41, 5.74) is 4.80. The van der Waals surface area contributed by atoms with E-state index in [1.165, 1.54) is 0 Å². The predicted octanol–water partition coefficient (Wildman–Crippen LogP) is 0.609. The normalized spacial score (nSPS) is 14.5. The molecule has 52 valence electrons. The van der Waals surface area contributed by atoms with Gasteiger partial charge >= 0.3 is 0 Å². The van der Waals surface area contributed by atoms with Gasteiger partial charge in [0.2, 0.25) is 0 Å². The van der Waals surface area contributed by atoms with Crippen LogP contribution in [-0.4, -0.2) is 16.2 Å². The van der Waals surface area contributed by atoms with Gasteiger partial charge in [0.1, 0.15) is 0 Å². The van der Waals surface area contributed by atoms with E-state index in [2.05, 4.69) is 36.4 Å². The Morgan fingerprint density at radius 3 is 3.30 bits per heavy atom. The number of H-pyrrole nitrogens is 1. The average Bonchev–Trinajstić information content (AvgIpc) is 2.27. The SMILES string of the molecule is Brc1nc2c([nH]1)C=NNC2. The first-order valence-electron chi connectivity index (χ1n) is 2.86. The summed E-state index contributed by atoms with van der Waals surface area (Å²) in [6.07, 6.45) is 1.72. The molecular formula is C5H5BrN4. The summed E-state index contributed by atoms with van der Waals surface area (Å²) >= 11 is 3.24. The van der Waals surface area contributed by atoms with Crippen molar-refractivity contribution in [2.45, 2.75) is 6.54 Å². The molecule has 0 bridgehead atoms. The van der Waals surface area contributed by atoms with Crippen molar-refractivity contribution in [2.24, 2.45) is 5.10 Å². The Morgan fingerprint density at radius 2 is 2.50 bits per heavy atom. The van der Waals surface area contributed by atoms with E-state index in [0.29, 0.717) is 6.54 Å². The molecule has 1 aliphatic rings. The molecule has 5 heteroatoms. The number of imidazole rings is 1. The lowest BCUT2D eigenvalue weighted by Crippen LogP contribution is -2.12. The maximum atomic E-state index is 4.16. The lowest BCUT2D eigenvalue weighted by Gasteiger charge is -2.02. The van der Waals surface area contributed by atoms with Crippen LogP contribution in [0.1, 0.15) is 11.4 Å². The quantitative estimate of drug-likeness (QED) is 0.646. The molecule has 0 fully saturated rings. The highest BCUT2D eigenvalue weighted by Crippen LogP contribution is 2.10. The van der Waals surface area contributed by atoms with Crippen LogP contribution in [-0.2, 0) is 6.54 Å². The number of aromatic nitrogens is 2. The number of halogens is 1. The van der Waals surface area contributed by atoms with Crippen molar-refractivity contribution in [3.63, 3.8) is 0 Å². The third-order valence-electron chi connectivity index (χ3n) is 1.31. The molecule has 0 atom stereocenters. The number of hydrogen-bond acceptors (Lipinski definition) is 3. The topological polar surface area (TPSA) is 53.1 Å². The Bertz CT molecular complexity index is 277. The summed E-state index contributed by atoms with van der Waals surface area (Å²) in [4.78, 5) is 7.17. The number of nitrogens with one attached hydrogen (secondary N) is 2. The van der Waals surface area contributed by atoms with Crippen LogP contribution in [0, 0.1) is 0 Å². The van der Waals surface area contributed by atoms with E-state index < -0.39 is 0 Å². The Morgan fingerprint density at radius 1 is 1.60 bits per heavy atom. The number of nitrogens with zero attached hydrogens (tertiary/aromatic N) is 2. The zero-order chi connectivity index (χ0) is 6.97. The Kier molecular flexibility index (Phi) is 1.23. The number of hydrogen-bond donors (Lipinski definition) is 2. The molecule has 10 heavy (non-hydrogen) atoms. The van der Waals surface area contributed by atoms with Crippen molar-refractivity contribution in [1.29, 1.82) is 0 Å². The minimum atomic E-state index is 0.702. The first-order valence-corrected chi connectivity index (χ1v) is 3.66. The molecule has 0 saturated heterocycles. The van der Waals surface area contributed by atoms with Crippen LogP contribution in [0.15, 0.2) is 9.84 Å². The summed E-state index contributed by atoms with van der Waals surface area (Å²) in [6.45, 7) is 0.702. The maximum absolute atomic E-state index is 4.16. The highest BCUT2D eigenvalue weighted by Gasteiger charge is 2.08. The van der Waals surface area contributed by atoms with Gasteiger partial charge in [0.15, 0.2) is 4.73 Å². The fourth-order valence-electron chi connectivity index (χ4n) is 0.862. The highest BCUT2D eigenvalue weighted by molar-refractivity contribution is 9.10. The molecular weight excluding hydrogens is 196 g/mol. The second-order valence-corrected chi connectivity index (χ2v) is 2.73. The zero-order valence-corrected chi connectivity index (χ0v) is 6.64. The first-order chi connectivity index (χ1) is 4.86. The van der Waals surface area contributed by atoms with Crippen molar-refractivity contribution in [1.82, 2.24) is 15.4 Å². The molecule has 0 aromatic carbocycles. The van der Waals surface area contributed by atoms with Crippen LogP contribution in [0.4, 0.5) is 0 Å². The number of aromatic amines is 1. The predicted molar refractivity (Wildman–Crippen MR) is 40.7 cm³/mol. The van der Waals surface area contributed by atoms with Crippen LogP contribution in [0.3, 0.4) is 0 Å². The molecule has 4 nitrogen and oxygen atoms in total. The van der Waals surface area contributed by atoms with E-state index in [1.807, 2.05) is 0 Å². The minimum Gasteiger partial charge on any atom is -0.331 e.